The third-order valence-corrected chi connectivity index (χ3v) is 3.27. The van der Waals surface area contributed by atoms with Crippen molar-refractivity contribution < 1.29 is 58.0 Å². The molecule has 0 bridgehead atoms. The minimum Gasteiger partial charge on any atom is -0.870 e. The largest absolute Gasteiger partial charge is 0.870 e. The maximum absolute atomic E-state index is 12.2. The zero-order chi connectivity index (χ0) is 13.1. The molecular formula is C13H26O7Ti-4. The van der Waals surface area contributed by atoms with Gasteiger partial charge in [0.25, 0.3) is 0 Å². The first-order valence-corrected chi connectivity index (χ1v) is 5.71. The van der Waals surface area contributed by atoms with Crippen molar-refractivity contribution in [3.63, 3.8) is 0 Å². The summed E-state index contributed by atoms with van der Waals surface area (Å²) in [5.41, 5.74) is -1.01. The molecule has 0 aliphatic carbocycles. The van der Waals surface area contributed by atoms with E-state index in [1.54, 1.807) is 0 Å². The van der Waals surface area contributed by atoms with Crippen LogP contribution in [0.5, 0.6) is 0 Å². The van der Waals surface area contributed by atoms with Crippen molar-refractivity contribution >= 4 is 17.3 Å². The van der Waals surface area contributed by atoms with Gasteiger partial charge >= 0.3 is 0 Å². The Bertz CT molecular complexity index is 306. The molecule has 0 heterocycles. The monoisotopic (exact) mass is 342 g/mol. The predicted molar refractivity (Wildman–Crippen MR) is 70.8 cm³/mol. The molecule has 0 saturated carbocycles. The van der Waals surface area contributed by atoms with E-state index in [4.69, 9.17) is 0 Å². The molecule has 0 aromatic heterocycles. The van der Waals surface area contributed by atoms with Crippen LogP contribution < -0.4 is 0 Å². The average Bonchev–Trinajstić information content (AvgIpc) is 1.99. The third-order valence-electron chi connectivity index (χ3n) is 3.27. The molecule has 4 N–H and O–H groups in total. The van der Waals surface area contributed by atoms with E-state index in [9.17, 15) is 14.4 Å². The van der Waals surface area contributed by atoms with E-state index in [2.05, 4.69) is 0 Å². The molecule has 0 atom stereocenters. The van der Waals surface area contributed by atoms with Crippen LogP contribution in [0, 0.1) is 17.3 Å². The second-order valence-corrected chi connectivity index (χ2v) is 5.04. The van der Waals surface area contributed by atoms with Crippen molar-refractivity contribution in [1.29, 1.82) is 0 Å². The van der Waals surface area contributed by atoms with E-state index in [1.807, 2.05) is 27.7 Å². The van der Waals surface area contributed by atoms with Crippen LogP contribution in [0.25, 0.3) is 0 Å². The quantitative estimate of drug-likeness (QED) is 0.522. The fourth-order valence-corrected chi connectivity index (χ4v) is 2.69. The first-order chi connectivity index (χ1) is 7.17. The van der Waals surface area contributed by atoms with Gasteiger partial charge in [0, 0.05) is 21.7 Å². The van der Waals surface area contributed by atoms with Crippen LogP contribution in [0.15, 0.2) is 0 Å². The fourth-order valence-electron chi connectivity index (χ4n) is 2.69. The van der Waals surface area contributed by atoms with Crippen LogP contribution in [-0.4, -0.2) is 39.3 Å². The van der Waals surface area contributed by atoms with Crippen LogP contribution in [0.1, 0.15) is 48.0 Å². The predicted octanol–water partition coefficient (Wildman–Crippen LogP) is 1.71. The maximum atomic E-state index is 12.2. The Kier molecular flexibility index (Phi) is 25.6. The van der Waals surface area contributed by atoms with E-state index < -0.39 is 5.41 Å². The Labute approximate surface area is 141 Å². The van der Waals surface area contributed by atoms with E-state index in [1.165, 1.54) is 13.8 Å². The summed E-state index contributed by atoms with van der Waals surface area (Å²) in [6.45, 7) is 10.3. The Hall–Kier alpha value is -0.436. The second kappa shape index (κ2) is 14.5. The number of carbonyl (C=O) groups excluding carboxylic acids is 3. The number of rotatable bonds is 6. The van der Waals surface area contributed by atoms with Gasteiger partial charge in [0.1, 0.15) is 11.6 Å². The summed E-state index contributed by atoms with van der Waals surface area (Å²) in [5, 5.41) is 0. The first-order valence-electron chi connectivity index (χ1n) is 5.71. The summed E-state index contributed by atoms with van der Waals surface area (Å²) in [7, 11) is 0. The number of hydrogen-bond donors (Lipinski definition) is 0. The fraction of sp³-hybridized carbons (Fsp3) is 0.769. The molecule has 0 amide bonds. The van der Waals surface area contributed by atoms with Crippen LogP contribution in [0.3, 0.4) is 0 Å². The number of hydrogen-bond acceptors (Lipinski definition) is 7. The summed E-state index contributed by atoms with van der Waals surface area (Å²) >= 11 is 0. The molecule has 8 heteroatoms. The molecule has 0 aromatic carbocycles. The van der Waals surface area contributed by atoms with Crippen LogP contribution in [0.4, 0.5) is 0 Å². The van der Waals surface area contributed by atoms with Crippen molar-refractivity contribution in [2.24, 2.45) is 17.3 Å². The average molecular weight is 342 g/mol. The van der Waals surface area contributed by atoms with Crippen LogP contribution >= 0.6 is 0 Å². The zero-order valence-corrected chi connectivity index (χ0v) is 14.9. The molecule has 0 radical (unpaired) electrons. The van der Waals surface area contributed by atoms with Gasteiger partial charge in [-0.25, -0.2) is 0 Å². The van der Waals surface area contributed by atoms with Crippen LogP contribution in [0.2, 0.25) is 0 Å². The Morgan fingerprint density at radius 3 is 1.24 bits per heavy atom. The zero-order valence-electron chi connectivity index (χ0n) is 13.4. The standard InChI is InChI=1S/C13H22O3.4H2O.Ti/c1-8(2)13(9(3)4,11(6)15)12(16)7-10(5)14;;;;;/h8-9H,7H2,1-6H3;4*1H2;/p-4. The van der Waals surface area contributed by atoms with E-state index >= 15 is 0 Å². The number of carbonyl (C=O) groups is 3. The van der Waals surface area contributed by atoms with E-state index in [-0.39, 0.29) is 79.2 Å². The van der Waals surface area contributed by atoms with Crippen molar-refractivity contribution in [3.05, 3.63) is 0 Å². The summed E-state index contributed by atoms with van der Waals surface area (Å²) in [5.74, 6) is -0.730. The summed E-state index contributed by atoms with van der Waals surface area (Å²) in [6.07, 6.45) is -0.143. The molecule has 0 aliphatic rings. The van der Waals surface area contributed by atoms with E-state index in [0.29, 0.717) is 0 Å². The van der Waals surface area contributed by atoms with Crippen molar-refractivity contribution in [1.82, 2.24) is 0 Å². The Morgan fingerprint density at radius 1 is 0.810 bits per heavy atom. The van der Waals surface area contributed by atoms with Gasteiger partial charge in [-0.2, -0.15) is 0 Å². The number of Topliss-reactive ketones (excluding diaryl/α,β-unsaturated/α-hetero) is 3. The molecule has 0 aromatic rings. The molecule has 0 aliphatic heterocycles. The molecule has 0 unspecified atom stereocenters. The van der Waals surface area contributed by atoms with Gasteiger partial charge in [-0.1, -0.05) is 27.7 Å². The molecule has 0 spiro atoms. The summed E-state index contributed by atoms with van der Waals surface area (Å²) in [4.78, 5) is 35.0. The van der Waals surface area contributed by atoms with Crippen molar-refractivity contribution in [2.45, 2.75) is 48.0 Å². The van der Waals surface area contributed by atoms with E-state index in [0.717, 1.165) is 0 Å². The van der Waals surface area contributed by atoms with Gasteiger partial charge < -0.3 is 21.9 Å². The molecular weight excluding hydrogens is 316 g/mol. The van der Waals surface area contributed by atoms with Gasteiger partial charge in [-0.05, 0) is 25.7 Å². The molecule has 128 valence electrons. The van der Waals surface area contributed by atoms with Crippen molar-refractivity contribution in [3.8, 4) is 0 Å². The second-order valence-electron chi connectivity index (χ2n) is 5.04. The molecule has 0 saturated heterocycles. The molecule has 21 heavy (non-hydrogen) atoms. The van der Waals surface area contributed by atoms with Gasteiger partial charge in [0.2, 0.25) is 0 Å². The van der Waals surface area contributed by atoms with Gasteiger partial charge in [0.15, 0.2) is 5.78 Å². The van der Waals surface area contributed by atoms with Gasteiger partial charge in [-0.15, -0.1) is 0 Å². The molecule has 0 fully saturated rings. The van der Waals surface area contributed by atoms with Gasteiger partial charge in [-0.3, -0.25) is 14.4 Å². The molecule has 0 rings (SSSR count). The minimum absolute atomic E-state index is 0. The third kappa shape index (κ3) is 7.94. The minimum atomic E-state index is -1.01. The smallest absolute Gasteiger partial charge is 0.154 e. The summed E-state index contributed by atoms with van der Waals surface area (Å²) < 4.78 is 0. The maximum Gasteiger partial charge on any atom is 0.154 e. The topological polar surface area (TPSA) is 171 Å². The Balaban J connectivity index is -0.000000112. The SMILES string of the molecule is CC(=O)CC(=O)C(C(C)=O)(C(C)C)C(C)C.[OH-].[OH-].[OH-].[OH-].[Ti]. The normalized spacial score (nSPS) is 9.14. The Morgan fingerprint density at radius 2 is 1.10 bits per heavy atom. The molecule has 7 nitrogen and oxygen atoms in total. The number of ketones is 3. The summed E-state index contributed by atoms with van der Waals surface area (Å²) in [6, 6.07) is 0. The van der Waals surface area contributed by atoms with Crippen LogP contribution in [-0.2, 0) is 36.1 Å². The van der Waals surface area contributed by atoms with Gasteiger partial charge in [0.05, 0.1) is 11.8 Å². The first kappa shape index (κ1) is 37.1. The van der Waals surface area contributed by atoms with Crippen molar-refractivity contribution in [2.75, 3.05) is 0 Å².